The molecule has 3 rings (SSSR count). The number of nitrogens with one attached hydrogen (secondary N) is 2. The average Bonchev–Trinajstić information content (AvgIpc) is 2.84. The molecule has 1 aromatic carbocycles. The lowest BCUT2D eigenvalue weighted by Gasteiger charge is -2.13. The van der Waals surface area contributed by atoms with Crippen LogP contribution in [0.2, 0.25) is 0 Å². The van der Waals surface area contributed by atoms with Crippen LogP contribution >= 0.6 is 27.7 Å². The van der Waals surface area contributed by atoms with E-state index in [0.29, 0.717) is 15.3 Å². The number of urea groups is 1. The standard InChI is InChI=1S/C15H9BrN2O4S/c16-11-7-8(6-10-12(19)17-15(21)18-13(10)20)22-14(11)23-9-4-2-1-3-5-9/h1-7H,(H2,17,18,19,20,21). The first kappa shape index (κ1) is 15.6. The first-order chi connectivity index (χ1) is 11.0. The number of hydrogen-bond acceptors (Lipinski definition) is 5. The molecule has 8 heteroatoms. The van der Waals surface area contributed by atoms with Crippen molar-refractivity contribution >= 4 is 51.6 Å². The molecule has 0 radical (unpaired) electrons. The van der Waals surface area contributed by atoms with Gasteiger partial charge in [-0.25, -0.2) is 4.79 Å². The molecule has 2 N–H and O–H groups in total. The van der Waals surface area contributed by atoms with Gasteiger partial charge in [-0.2, -0.15) is 0 Å². The zero-order valence-corrected chi connectivity index (χ0v) is 13.9. The van der Waals surface area contributed by atoms with Crippen molar-refractivity contribution in [3.05, 3.63) is 52.2 Å². The van der Waals surface area contributed by atoms with Gasteiger partial charge in [0.15, 0.2) is 5.09 Å². The van der Waals surface area contributed by atoms with Crippen molar-refractivity contribution in [2.75, 3.05) is 0 Å². The second-order valence-corrected chi connectivity index (χ2v) is 6.40. The second-order valence-electron chi connectivity index (χ2n) is 4.49. The number of benzene rings is 1. The molecule has 1 saturated heterocycles. The zero-order chi connectivity index (χ0) is 16.4. The average molecular weight is 393 g/mol. The Morgan fingerprint density at radius 2 is 1.70 bits per heavy atom. The highest BCUT2D eigenvalue weighted by Gasteiger charge is 2.28. The molecule has 1 aromatic heterocycles. The van der Waals surface area contributed by atoms with Gasteiger partial charge >= 0.3 is 6.03 Å². The third kappa shape index (κ3) is 3.54. The van der Waals surface area contributed by atoms with Crippen LogP contribution in [0.5, 0.6) is 0 Å². The number of halogens is 1. The molecule has 1 aliphatic rings. The topological polar surface area (TPSA) is 88.4 Å². The quantitative estimate of drug-likeness (QED) is 0.619. The molecule has 2 aromatic rings. The highest BCUT2D eigenvalue weighted by Crippen LogP contribution is 2.36. The van der Waals surface area contributed by atoms with E-state index in [1.165, 1.54) is 17.8 Å². The summed E-state index contributed by atoms with van der Waals surface area (Å²) in [5.74, 6) is -1.20. The van der Waals surface area contributed by atoms with Gasteiger partial charge in [0.2, 0.25) is 0 Å². The Kier molecular flexibility index (Phi) is 4.35. The minimum atomic E-state index is -0.835. The highest BCUT2D eigenvalue weighted by atomic mass is 79.9. The molecule has 116 valence electrons. The number of barbiturate groups is 1. The van der Waals surface area contributed by atoms with E-state index < -0.39 is 17.8 Å². The van der Waals surface area contributed by atoms with Crippen molar-refractivity contribution in [3.63, 3.8) is 0 Å². The Morgan fingerprint density at radius 3 is 2.35 bits per heavy atom. The van der Waals surface area contributed by atoms with Gasteiger partial charge in [-0.1, -0.05) is 30.0 Å². The molecule has 2 heterocycles. The molecule has 6 nitrogen and oxygen atoms in total. The summed E-state index contributed by atoms with van der Waals surface area (Å²) in [6, 6.07) is 10.4. The molecular weight excluding hydrogens is 384 g/mol. The van der Waals surface area contributed by atoms with Gasteiger partial charge in [0.25, 0.3) is 11.8 Å². The number of hydrogen-bond donors (Lipinski definition) is 2. The van der Waals surface area contributed by atoms with E-state index in [9.17, 15) is 14.4 Å². The molecule has 0 spiro atoms. The number of imide groups is 2. The number of furan rings is 1. The van der Waals surface area contributed by atoms with Crippen molar-refractivity contribution in [1.29, 1.82) is 0 Å². The predicted octanol–water partition coefficient (Wildman–Crippen LogP) is 2.94. The van der Waals surface area contributed by atoms with Crippen molar-refractivity contribution in [2.45, 2.75) is 9.99 Å². The summed E-state index contributed by atoms with van der Waals surface area (Å²) in [5.41, 5.74) is -0.192. The Hall–Kier alpha value is -2.32. The summed E-state index contributed by atoms with van der Waals surface area (Å²) >= 11 is 4.78. The number of carbonyl (C=O) groups is 3. The molecule has 1 fully saturated rings. The first-order valence-electron chi connectivity index (χ1n) is 6.43. The second kappa shape index (κ2) is 6.43. The molecule has 0 aliphatic carbocycles. The van der Waals surface area contributed by atoms with E-state index in [1.54, 1.807) is 6.07 Å². The fourth-order valence-corrected chi connectivity index (χ4v) is 3.20. The van der Waals surface area contributed by atoms with Gasteiger partial charge in [-0.05, 0) is 40.2 Å². The third-order valence-electron chi connectivity index (χ3n) is 2.86. The largest absolute Gasteiger partial charge is 0.449 e. The summed E-state index contributed by atoms with van der Waals surface area (Å²) in [6.07, 6.45) is 1.29. The number of rotatable bonds is 3. The maximum Gasteiger partial charge on any atom is 0.328 e. The van der Waals surface area contributed by atoms with E-state index in [1.807, 2.05) is 41.0 Å². The van der Waals surface area contributed by atoms with Crippen LogP contribution in [0.3, 0.4) is 0 Å². The number of amides is 4. The summed E-state index contributed by atoms with van der Waals surface area (Å²) in [7, 11) is 0. The summed E-state index contributed by atoms with van der Waals surface area (Å²) in [6.45, 7) is 0. The van der Waals surface area contributed by atoms with Crippen LogP contribution in [0.15, 0.2) is 60.8 Å². The van der Waals surface area contributed by atoms with Gasteiger partial charge in [-0.3, -0.25) is 20.2 Å². The Balaban J connectivity index is 1.86. The molecule has 4 amide bonds. The van der Waals surface area contributed by atoms with E-state index in [4.69, 9.17) is 4.42 Å². The minimum absolute atomic E-state index is 0.192. The van der Waals surface area contributed by atoms with Crippen LogP contribution in [0.1, 0.15) is 5.76 Å². The SMILES string of the molecule is O=C1NC(=O)C(=Cc2cc(Br)c(Sc3ccccc3)o2)C(=O)N1. The zero-order valence-electron chi connectivity index (χ0n) is 11.5. The van der Waals surface area contributed by atoms with Gasteiger partial charge in [0, 0.05) is 4.90 Å². The smallest absolute Gasteiger partial charge is 0.328 e. The van der Waals surface area contributed by atoms with Gasteiger partial charge in [0.1, 0.15) is 11.3 Å². The maximum atomic E-state index is 11.7. The fraction of sp³-hybridized carbons (Fsp3) is 0. The maximum absolute atomic E-state index is 11.7. The van der Waals surface area contributed by atoms with Gasteiger partial charge < -0.3 is 4.42 Å². The van der Waals surface area contributed by atoms with Crippen LogP contribution in [0, 0.1) is 0 Å². The molecule has 23 heavy (non-hydrogen) atoms. The Morgan fingerprint density at radius 1 is 1.04 bits per heavy atom. The lowest BCUT2D eigenvalue weighted by molar-refractivity contribution is -0.123. The van der Waals surface area contributed by atoms with Crippen LogP contribution in [0.25, 0.3) is 6.08 Å². The Bertz CT molecular complexity index is 807. The number of carbonyl (C=O) groups excluding carboxylic acids is 3. The van der Waals surface area contributed by atoms with Crippen LogP contribution in [-0.2, 0) is 9.59 Å². The lowest BCUT2D eigenvalue weighted by atomic mass is 10.1. The van der Waals surface area contributed by atoms with Gasteiger partial charge in [0.05, 0.1) is 4.47 Å². The monoisotopic (exact) mass is 392 g/mol. The molecule has 1 aliphatic heterocycles. The molecule has 0 unspecified atom stereocenters. The van der Waals surface area contributed by atoms with Gasteiger partial charge in [-0.15, -0.1) is 0 Å². The summed E-state index contributed by atoms with van der Waals surface area (Å²) in [5, 5.41) is 4.60. The molecular formula is C15H9BrN2O4S. The predicted molar refractivity (Wildman–Crippen MR) is 86.6 cm³/mol. The van der Waals surface area contributed by atoms with Crippen molar-refractivity contribution in [3.8, 4) is 0 Å². The van der Waals surface area contributed by atoms with Crippen LogP contribution < -0.4 is 10.6 Å². The molecule has 0 atom stereocenters. The van der Waals surface area contributed by atoms with Crippen LogP contribution in [-0.4, -0.2) is 17.8 Å². The van der Waals surface area contributed by atoms with Crippen molar-refractivity contribution in [1.82, 2.24) is 10.6 Å². The van der Waals surface area contributed by atoms with Crippen molar-refractivity contribution < 1.29 is 18.8 Å². The minimum Gasteiger partial charge on any atom is -0.449 e. The van der Waals surface area contributed by atoms with E-state index in [-0.39, 0.29) is 5.57 Å². The van der Waals surface area contributed by atoms with E-state index >= 15 is 0 Å². The van der Waals surface area contributed by atoms with Crippen LogP contribution in [0.4, 0.5) is 4.79 Å². The molecule has 0 bridgehead atoms. The lowest BCUT2D eigenvalue weighted by Crippen LogP contribution is -2.51. The third-order valence-corrected chi connectivity index (χ3v) is 4.71. The van der Waals surface area contributed by atoms with E-state index in [2.05, 4.69) is 15.9 Å². The fourth-order valence-electron chi connectivity index (χ4n) is 1.85. The highest BCUT2D eigenvalue weighted by molar-refractivity contribution is 9.10. The first-order valence-corrected chi connectivity index (χ1v) is 8.04. The van der Waals surface area contributed by atoms with Crippen molar-refractivity contribution in [2.24, 2.45) is 0 Å². The molecule has 0 saturated carbocycles. The Labute approximate surface area is 143 Å². The summed E-state index contributed by atoms with van der Waals surface area (Å²) < 4.78 is 6.34. The normalized spacial score (nSPS) is 14.5. The summed E-state index contributed by atoms with van der Waals surface area (Å²) in [4.78, 5) is 35.4. The van der Waals surface area contributed by atoms with E-state index in [0.717, 1.165) is 4.90 Å².